The number of anilines is 1. The Kier molecular flexibility index (Phi) is 4.21. The van der Waals surface area contributed by atoms with Crippen LogP contribution in [0.3, 0.4) is 0 Å². The van der Waals surface area contributed by atoms with E-state index in [2.05, 4.69) is 26.2 Å². The average molecular weight is 341 g/mol. The van der Waals surface area contributed by atoms with Gasteiger partial charge in [-0.1, -0.05) is 0 Å². The third-order valence-corrected chi connectivity index (χ3v) is 4.25. The van der Waals surface area contributed by atoms with Crippen LogP contribution < -0.4 is 5.32 Å². The molecule has 2 rings (SSSR count). The summed E-state index contributed by atoms with van der Waals surface area (Å²) >= 11 is 5.03. The Morgan fingerprint density at radius 1 is 1.47 bits per heavy atom. The maximum absolute atomic E-state index is 11.3. The van der Waals surface area contributed by atoms with Crippen LogP contribution in [0, 0.1) is 13.8 Å². The molecule has 0 amide bonds. The van der Waals surface area contributed by atoms with Crippen LogP contribution >= 0.6 is 27.3 Å². The van der Waals surface area contributed by atoms with Crippen LogP contribution in [0.5, 0.6) is 0 Å². The smallest absolute Gasteiger partial charge is 0.339 e. The summed E-state index contributed by atoms with van der Waals surface area (Å²) in [6.45, 7) is 4.16. The lowest BCUT2D eigenvalue weighted by Gasteiger charge is -2.11. The van der Waals surface area contributed by atoms with Crippen molar-refractivity contribution in [2.45, 2.75) is 20.4 Å². The van der Waals surface area contributed by atoms with Gasteiger partial charge in [0.25, 0.3) is 0 Å². The molecule has 0 spiro atoms. The second-order valence-electron chi connectivity index (χ2n) is 4.14. The molecule has 0 bridgehead atoms. The van der Waals surface area contributed by atoms with E-state index in [1.165, 1.54) is 0 Å². The summed E-state index contributed by atoms with van der Waals surface area (Å²) < 4.78 is 1.06. The summed E-state index contributed by atoms with van der Waals surface area (Å²) in [5.41, 5.74) is 2.18. The molecule has 0 aliphatic carbocycles. The molecule has 6 heteroatoms. The molecule has 0 aliphatic heterocycles. The zero-order valence-electron chi connectivity index (χ0n) is 10.5. The molecular weight excluding hydrogens is 328 g/mol. The van der Waals surface area contributed by atoms with E-state index in [1.54, 1.807) is 24.3 Å². The van der Waals surface area contributed by atoms with Gasteiger partial charge in [-0.2, -0.15) is 0 Å². The Bertz CT molecular complexity index is 625. The molecule has 0 atom stereocenters. The van der Waals surface area contributed by atoms with Crippen LogP contribution in [0.4, 0.5) is 5.69 Å². The van der Waals surface area contributed by atoms with Gasteiger partial charge in [0.15, 0.2) is 0 Å². The highest BCUT2D eigenvalue weighted by atomic mass is 79.9. The number of hydrogen-bond donors (Lipinski definition) is 2. The molecule has 2 aromatic heterocycles. The van der Waals surface area contributed by atoms with E-state index in [9.17, 15) is 9.90 Å². The fourth-order valence-electron chi connectivity index (χ4n) is 1.87. The number of nitrogens with zero attached hydrogens (tertiary/aromatic N) is 1. The molecule has 0 saturated heterocycles. The van der Waals surface area contributed by atoms with Gasteiger partial charge in [-0.3, -0.25) is 4.98 Å². The van der Waals surface area contributed by atoms with E-state index in [-0.39, 0.29) is 5.56 Å². The first-order valence-electron chi connectivity index (χ1n) is 5.67. The number of aromatic carboxylic acids is 1. The number of aromatic nitrogens is 1. The topological polar surface area (TPSA) is 62.2 Å². The summed E-state index contributed by atoms with van der Waals surface area (Å²) in [5.74, 6) is -0.958. The number of carboxylic acids is 1. The molecule has 2 N–H and O–H groups in total. The van der Waals surface area contributed by atoms with E-state index in [4.69, 9.17) is 0 Å². The highest BCUT2D eigenvalue weighted by Gasteiger charge is 2.15. The lowest BCUT2D eigenvalue weighted by Crippen LogP contribution is -2.10. The third-order valence-electron chi connectivity index (χ3n) is 2.62. The molecule has 0 radical (unpaired) electrons. The molecule has 2 aromatic rings. The summed E-state index contributed by atoms with van der Waals surface area (Å²) in [5, 5.41) is 12.4. The number of carbonyl (C=O) groups is 1. The lowest BCUT2D eigenvalue weighted by molar-refractivity contribution is 0.0696. The van der Waals surface area contributed by atoms with Crippen molar-refractivity contribution in [3.05, 3.63) is 43.8 Å². The predicted octanol–water partition coefficient (Wildman–Crippen LogP) is 3.83. The van der Waals surface area contributed by atoms with Crippen molar-refractivity contribution >= 4 is 38.9 Å². The van der Waals surface area contributed by atoms with Crippen molar-refractivity contribution < 1.29 is 9.90 Å². The minimum Gasteiger partial charge on any atom is -0.478 e. The Hall–Kier alpha value is -1.40. The maximum Gasteiger partial charge on any atom is 0.339 e. The molecule has 0 aromatic carbocycles. The first-order chi connectivity index (χ1) is 8.97. The van der Waals surface area contributed by atoms with E-state index in [0.717, 1.165) is 14.4 Å². The largest absolute Gasteiger partial charge is 0.478 e. The van der Waals surface area contributed by atoms with Crippen LogP contribution in [0.1, 0.15) is 26.6 Å². The van der Waals surface area contributed by atoms with Crippen molar-refractivity contribution in [1.29, 1.82) is 0 Å². The van der Waals surface area contributed by atoms with Crippen LogP contribution in [0.15, 0.2) is 22.0 Å². The number of rotatable bonds is 4. The van der Waals surface area contributed by atoms with E-state index < -0.39 is 5.97 Å². The summed E-state index contributed by atoms with van der Waals surface area (Å²) in [6.07, 6.45) is 0. The molecule has 100 valence electrons. The van der Waals surface area contributed by atoms with Crippen LogP contribution in [0.25, 0.3) is 0 Å². The number of halogens is 1. The summed E-state index contributed by atoms with van der Waals surface area (Å²) in [4.78, 5) is 16.6. The highest BCUT2D eigenvalue weighted by molar-refractivity contribution is 9.11. The van der Waals surface area contributed by atoms with Crippen molar-refractivity contribution in [2.24, 2.45) is 0 Å². The number of hydrogen-bond acceptors (Lipinski definition) is 4. The van der Waals surface area contributed by atoms with Gasteiger partial charge < -0.3 is 10.4 Å². The summed E-state index contributed by atoms with van der Waals surface area (Å²) in [6, 6.07) is 5.74. The molecule has 19 heavy (non-hydrogen) atoms. The predicted molar refractivity (Wildman–Crippen MR) is 80.0 cm³/mol. The van der Waals surface area contributed by atoms with Gasteiger partial charge in [0.2, 0.25) is 0 Å². The Balaban J connectivity index is 2.26. The number of carboxylic acid groups (broad SMARTS) is 1. The zero-order chi connectivity index (χ0) is 14.0. The van der Waals surface area contributed by atoms with Crippen molar-refractivity contribution in [3.63, 3.8) is 0 Å². The monoisotopic (exact) mass is 340 g/mol. The van der Waals surface area contributed by atoms with Gasteiger partial charge in [0.1, 0.15) is 5.56 Å². The molecular formula is C13H13BrN2O2S. The minimum atomic E-state index is -0.958. The van der Waals surface area contributed by atoms with Crippen molar-refractivity contribution in [1.82, 2.24) is 4.98 Å². The standard InChI is InChI=1S/C13H13BrN2O2S/c1-7-5-10(12(13(17)18)8(2)16-7)15-6-9-3-4-11(14)19-9/h3-5H,6H2,1-2H3,(H,15,16)(H,17,18). The second kappa shape index (κ2) is 5.71. The second-order valence-corrected chi connectivity index (χ2v) is 6.68. The first-order valence-corrected chi connectivity index (χ1v) is 7.28. The number of thiophene rings is 1. The van der Waals surface area contributed by atoms with Gasteiger partial charge in [-0.05, 0) is 48.0 Å². The van der Waals surface area contributed by atoms with Gasteiger partial charge in [-0.25, -0.2) is 4.79 Å². The van der Waals surface area contributed by atoms with E-state index >= 15 is 0 Å². The van der Waals surface area contributed by atoms with Crippen LogP contribution in [-0.4, -0.2) is 16.1 Å². The molecule has 2 heterocycles. The minimum absolute atomic E-state index is 0.237. The van der Waals surface area contributed by atoms with Crippen LogP contribution in [0.2, 0.25) is 0 Å². The fourth-order valence-corrected chi connectivity index (χ4v) is 3.29. The number of nitrogens with one attached hydrogen (secondary N) is 1. The molecule has 0 fully saturated rings. The van der Waals surface area contributed by atoms with E-state index in [0.29, 0.717) is 17.9 Å². The first kappa shape index (κ1) is 14.0. The van der Waals surface area contributed by atoms with Crippen molar-refractivity contribution in [3.8, 4) is 0 Å². The number of aryl methyl sites for hydroxylation is 2. The third kappa shape index (κ3) is 3.33. The van der Waals surface area contributed by atoms with Gasteiger partial charge >= 0.3 is 5.97 Å². The Morgan fingerprint density at radius 3 is 2.79 bits per heavy atom. The molecule has 0 saturated carbocycles. The summed E-state index contributed by atoms with van der Waals surface area (Å²) in [7, 11) is 0. The SMILES string of the molecule is Cc1cc(NCc2ccc(Br)s2)c(C(=O)O)c(C)n1. The lowest BCUT2D eigenvalue weighted by atomic mass is 10.1. The zero-order valence-corrected chi connectivity index (χ0v) is 12.9. The Morgan fingerprint density at radius 2 is 2.21 bits per heavy atom. The maximum atomic E-state index is 11.3. The van der Waals surface area contributed by atoms with Gasteiger partial charge in [0.05, 0.1) is 15.2 Å². The Labute approximate surface area is 123 Å². The average Bonchev–Trinajstić information content (AvgIpc) is 2.71. The highest BCUT2D eigenvalue weighted by Crippen LogP contribution is 2.25. The van der Waals surface area contributed by atoms with Crippen LogP contribution in [-0.2, 0) is 6.54 Å². The quantitative estimate of drug-likeness (QED) is 0.887. The van der Waals surface area contributed by atoms with Gasteiger partial charge in [-0.15, -0.1) is 11.3 Å². The van der Waals surface area contributed by atoms with E-state index in [1.807, 2.05) is 19.1 Å². The normalized spacial score (nSPS) is 10.5. The molecule has 0 aliphatic rings. The van der Waals surface area contributed by atoms with Crippen molar-refractivity contribution in [2.75, 3.05) is 5.32 Å². The van der Waals surface area contributed by atoms with Gasteiger partial charge in [0, 0.05) is 17.1 Å². The fraction of sp³-hybridized carbons (Fsp3) is 0.231. The number of pyridine rings is 1. The molecule has 4 nitrogen and oxygen atoms in total. The molecule has 0 unspecified atom stereocenters.